The van der Waals surface area contributed by atoms with E-state index in [1.54, 1.807) is 34.4 Å². The van der Waals surface area contributed by atoms with E-state index >= 15 is 0 Å². The SMILES string of the molecule is C=CCn1c(=O)n2nc(-c3cccnc3)nc2c2c3c(sc21)CCCC3. The van der Waals surface area contributed by atoms with Crippen molar-refractivity contribution in [1.82, 2.24) is 24.1 Å². The average molecular weight is 363 g/mol. The summed E-state index contributed by atoms with van der Waals surface area (Å²) in [5.74, 6) is 0.531. The minimum absolute atomic E-state index is 0.173. The molecular formula is C19H17N5OS. The highest BCUT2D eigenvalue weighted by atomic mass is 32.1. The van der Waals surface area contributed by atoms with Crippen LogP contribution in [0.2, 0.25) is 0 Å². The second kappa shape index (κ2) is 5.88. The fourth-order valence-corrected chi connectivity index (χ4v) is 5.07. The van der Waals surface area contributed by atoms with E-state index in [9.17, 15) is 4.79 Å². The van der Waals surface area contributed by atoms with Gasteiger partial charge in [0.1, 0.15) is 4.83 Å². The van der Waals surface area contributed by atoms with Gasteiger partial charge in [-0.1, -0.05) is 6.08 Å². The molecule has 0 amide bonds. The minimum Gasteiger partial charge on any atom is -0.279 e. The molecule has 0 aromatic carbocycles. The monoisotopic (exact) mass is 363 g/mol. The Morgan fingerprint density at radius 2 is 2.19 bits per heavy atom. The third kappa shape index (κ3) is 2.17. The Labute approximate surface area is 153 Å². The smallest absolute Gasteiger partial charge is 0.279 e. The molecule has 0 unspecified atom stereocenters. The molecular weight excluding hydrogens is 346 g/mol. The van der Waals surface area contributed by atoms with Gasteiger partial charge in [0.05, 0.1) is 5.39 Å². The number of aromatic nitrogens is 5. The van der Waals surface area contributed by atoms with Crippen LogP contribution < -0.4 is 5.69 Å². The lowest BCUT2D eigenvalue weighted by molar-refractivity contribution is 0.699. The number of nitrogens with zero attached hydrogens (tertiary/aromatic N) is 5. The molecule has 0 spiro atoms. The summed E-state index contributed by atoms with van der Waals surface area (Å²) < 4.78 is 3.20. The van der Waals surface area contributed by atoms with Gasteiger partial charge in [0, 0.05) is 29.4 Å². The maximum Gasteiger partial charge on any atom is 0.352 e. The standard InChI is InChI=1S/C19H17N5OS/c1-2-10-23-18-15(13-7-3-4-8-14(13)26-18)17-21-16(22-24(17)19(23)25)12-6-5-9-20-11-12/h2,5-6,9,11H,1,3-4,7-8,10H2. The largest absolute Gasteiger partial charge is 0.352 e. The zero-order chi connectivity index (χ0) is 17.7. The summed E-state index contributed by atoms with van der Waals surface area (Å²) in [7, 11) is 0. The molecule has 0 radical (unpaired) electrons. The summed E-state index contributed by atoms with van der Waals surface area (Å²) in [4.78, 5) is 24.3. The molecule has 7 heteroatoms. The van der Waals surface area contributed by atoms with Gasteiger partial charge in [0.15, 0.2) is 11.5 Å². The van der Waals surface area contributed by atoms with E-state index in [0.29, 0.717) is 18.0 Å². The molecule has 0 fully saturated rings. The van der Waals surface area contributed by atoms with Crippen LogP contribution in [0.25, 0.3) is 27.3 Å². The summed E-state index contributed by atoms with van der Waals surface area (Å²) in [5.41, 5.74) is 2.63. The van der Waals surface area contributed by atoms with Crippen molar-refractivity contribution in [2.75, 3.05) is 0 Å². The first kappa shape index (κ1) is 15.5. The number of allylic oxidation sites excluding steroid dienone is 1. The van der Waals surface area contributed by atoms with Crippen LogP contribution in [0.15, 0.2) is 42.0 Å². The van der Waals surface area contributed by atoms with Gasteiger partial charge >= 0.3 is 5.69 Å². The number of thiophene rings is 1. The van der Waals surface area contributed by atoms with Gasteiger partial charge < -0.3 is 0 Å². The summed E-state index contributed by atoms with van der Waals surface area (Å²) >= 11 is 1.72. The lowest BCUT2D eigenvalue weighted by Crippen LogP contribution is -2.27. The molecule has 0 bridgehead atoms. The summed E-state index contributed by atoms with van der Waals surface area (Å²) in [6, 6.07) is 3.75. The van der Waals surface area contributed by atoms with Crippen molar-refractivity contribution in [3.8, 4) is 11.4 Å². The Morgan fingerprint density at radius 1 is 1.31 bits per heavy atom. The molecule has 0 aliphatic heterocycles. The summed E-state index contributed by atoms with van der Waals surface area (Å²) in [5, 5.41) is 5.58. The van der Waals surface area contributed by atoms with Crippen LogP contribution in [0, 0.1) is 0 Å². The van der Waals surface area contributed by atoms with Crippen molar-refractivity contribution in [1.29, 1.82) is 0 Å². The molecule has 6 nitrogen and oxygen atoms in total. The van der Waals surface area contributed by atoms with Crippen molar-refractivity contribution < 1.29 is 0 Å². The van der Waals surface area contributed by atoms with Crippen molar-refractivity contribution in [3.63, 3.8) is 0 Å². The first-order valence-electron chi connectivity index (χ1n) is 8.73. The lowest BCUT2D eigenvalue weighted by atomic mass is 9.97. The van der Waals surface area contributed by atoms with E-state index in [2.05, 4.69) is 16.7 Å². The molecule has 4 aromatic heterocycles. The first-order valence-corrected chi connectivity index (χ1v) is 9.54. The van der Waals surface area contributed by atoms with Crippen LogP contribution in [0.1, 0.15) is 23.3 Å². The Balaban J connectivity index is 1.91. The van der Waals surface area contributed by atoms with Crippen molar-refractivity contribution in [3.05, 3.63) is 58.1 Å². The zero-order valence-electron chi connectivity index (χ0n) is 14.2. The average Bonchev–Trinajstić information content (AvgIpc) is 3.27. The molecule has 4 heterocycles. The van der Waals surface area contributed by atoms with Gasteiger partial charge in [-0.2, -0.15) is 4.52 Å². The highest BCUT2D eigenvalue weighted by Gasteiger charge is 2.24. The van der Waals surface area contributed by atoms with Gasteiger partial charge in [0.25, 0.3) is 0 Å². The molecule has 4 aromatic rings. The Kier molecular flexibility index (Phi) is 3.49. The molecule has 1 aliphatic rings. The molecule has 0 N–H and O–H groups in total. The van der Waals surface area contributed by atoms with Crippen molar-refractivity contribution >= 4 is 27.2 Å². The Hall–Kier alpha value is -2.80. The van der Waals surface area contributed by atoms with E-state index in [1.165, 1.54) is 27.8 Å². The van der Waals surface area contributed by atoms with E-state index in [4.69, 9.17) is 4.98 Å². The predicted molar refractivity (Wildman–Crippen MR) is 103 cm³/mol. The number of hydrogen-bond acceptors (Lipinski definition) is 5. The summed E-state index contributed by atoms with van der Waals surface area (Å²) in [6.07, 6.45) is 9.68. The maximum absolute atomic E-state index is 13.1. The second-order valence-electron chi connectivity index (χ2n) is 6.49. The van der Waals surface area contributed by atoms with Gasteiger partial charge in [0.2, 0.25) is 0 Å². The second-order valence-corrected chi connectivity index (χ2v) is 7.57. The molecule has 26 heavy (non-hydrogen) atoms. The van der Waals surface area contributed by atoms with Gasteiger partial charge in [-0.05, 0) is 43.4 Å². The summed E-state index contributed by atoms with van der Waals surface area (Å²) in [6.45, 7) is 4.28. The van der Waals surface area contributed by atoms with Crippen LogP contribution >= 0.6 is 11.3 Å². The highest BCUT2D eigenvalue weighted by Crippen LogP contribution is 2.37. The Morgan fingerprint density at radius 3 is 3.00 bits per heavy atom. The lowest BCUT2D eigenvalue weighted by Gasteiger charge is -2.10. The Bertz CT molecular complexity index is 1200. The molecule has 5 rings (SSSR count). The van der Waals surface area contributed by atoms with Gasteiger partial charge in [-0.15, -0.1) is 23.0 Å². The van der Waals surface area contributed by atoms with E-state index < -0.39 is 0 Å². The fourth-order valence-electron chi connectivity index (χ4n) is 3.69. The number of fused-ring (bicyclic) bond motifs is 5. The van der Waals surface area contributed by atoms with Crippen LogP contribution in [-0.4, -0.2) is 24.1 Å². The number of pyridine rings is 1. The van der Waals surface area contributed by atoms with Crippen LogP contribution in [0.5, 0.6) is 0 Å². The fraction of sp³-hybridized carbons (Fsp3) is 0.263. The van der Waals surface area contributed by atoms with E-state index in [1.807, 2.05) is 12.1 Å². The van der Waals surface area contributed by atoms with Gasteiger partial charge in [-0.25, -0.2) is 9.78 Å². The quantitative estimate of drug-likeness (QED) is 0.524. The predicted octanol–water partition coefficient (Wildman–Crippen LogP) is 3.23. The van der Waals surface area contributed by atoms with E-state index in [-0.39, 0.29) is 5.69 Å². The van der Waals surface area contributed by atoms with Crippen LogP contribution in [-0.2, 0) is 19.4 Å². The molecule has 0 saturated heterocycles. The molecule has 0 saturated carbocycles. The normalized spacial score (nSPS) is 14.0. The number of aryl methyl sites for hydroxylation is 2. The maximum atomic E-state index is 13.1. The van der Waals surface area contributed by atoms with Crippen molar-refractivity contribution in [2.45, 2.75) is 32.2 Å². The third-order valence-electron chi connectivity index (χ3n) is 4.87. The zero-order valence-corrected chi connectivity index (χ0v) is 15.0. The third-order valence-corrected chi connectivity index (χ3v) is 6.19. The number of rotatable bonds is 3. The highest BCUT2D eigenvalue weighted by molar-refractivity contribution is 7.19. The van der Waals surface area contributed by atoms with Gasteiger partial charge in [-0.3, -0.25) is 9.55 Å². The molecule has 1 aliphatic carbocycles. The van der Waals surface area contributed by atoms with Crippen LogP contribution in [0.3, 0.4) is 0 Å². The molecule has 130 valence electrons. The van der Waals surface area contributed by atoms with Crippen LogP contribution in [0.4, 0.5) is 0 Å². The first-order chi connectivity index (χ1) is 12.8. The molecule has 0 atom stereocenters. The topological polar surface area (TPSA) is 65.1 Å². The number of hydrogen-bond donors (Lipinski definition) is 0. The van der Waals surface area contributed by atoms with E-state index in [0.717, 1.165) is 28.6 Å². The van der Waals surface area contributed by atoms with Crippen molar-refractivity contribution in [2.24, 2.45) is 0 Å². The minimum atomic E-state index is -0.173.